The Morgan fingerprint density at radius 3 is 2.50 bits per heavy atom. The normalized spacial score (nSPS) is 16.7. The maximum absolute atomic E-state index is 12.8. The lowest BCUT2D eigenvalue weighted by atomic mass is 10.1. The molecule has 1 N–H and O–H groups in total. The number of carbonyl (C=O) groups is 2. The Morgan fingerprint density at radius 1 is 1.25 bits per heavy atom. The average molecular weight is 362 g/mol. The van der Waals surface area contributed by atoms with Crippen molar-refractivity contribution in [2.45, 2.75) is 13.8 Å². The minimum absolute atomic E-state index is 0.0169. The number of rotatable bonds is 2. The summed E-state index contributed by atoms with van der Waals surface area (Å²) >= 11 is 11.0. The van der Waals surface area contributed by atoms with E-state index in [0.717, 1.165) is 0 Å². The zero-order valence-electron chi connectivity index (χ0n) is 12.8. The number of aromatic nitrogens is 1. The van der Waals surface area contributed by atoms with E-state index in [9.17, 15) is 9.59 Å². The van der Waals surface area contributed by atoms with Crippen LogP contribution in [0.25, 0.3) is 6.08 Å². The maximum atomic E-state index is 12.8. The average Bonchev–Trinajstić information content (AvgIpc) is 2.84. The van der Waals surface area contributed by atoms with Crippen LogP contribution in [0.4, 0.5) is 5.69 Å². The fourth-order valence-electron chi connectivity index (χ4n) is 2.32. The topological polar surface area (TPSA) is 75.4 Å². The molecule has 8 heteroatoms. The summed E-state index contributed by atoms with van der Waals surface area (Å²) in [5, 5.41) is 6.89. The largest absolute Gasteiger partial charge is 0.361 e. The molecule has 0 unspecified atom stereocenters. The van der Waals surface area contributed by atoms with Crippen LogP contribution in [0.1, 0.15) is 17.0 Å². The summed E-state index contributed by atoms with van der Waals surface area (Å²) in [6.07, 6.45) is 1.46. The molecule has 1 aliphatic heterocycles. The molecule has 2 heterocycles. The minimum atomic E-state index is -0.560. The van der Waals surface area contributed by atoms with Gasteiger partial charge in [0, 0.05) is 10.6 Å². The zero-order valence-corrected chi connectivity index (χ0v) is 14.4. The number of benzene rings is 1. The molecule has 1 aromatic carbocycles. The van der Waals surface area contributed by atoms with Crippen molar-refractivity contribution < 1.29 is 14.1 Å². The lowest BCUT2D eigenvalue weighted by Gasteiger charge is -2.28. The third-order valence-electron chi connectivity index (χ3n) is 3.56. The van der Waals surface area contributed by atoms with Gasteiger partial charge in [-0.3, -0.25) is 19.8 Å². The van der Waals surface area contributed by atoms with Gasteiger partial charge in [-0.1, -0.05) is 16.8 Å². The van der Waals surface area contributed by atoms with Gasteiger partial charge in [-0.05, 0) is 56.4 Å². The monoisotopic (exact) mass is 361 g/mol. The highest BCUT2D eigenvalue weighted by molar-refractivity contribution is 7.80. The second-order valence-corrected chi connectivity index (χ2v) is 6.00. The summed E-state index contributed by atoms with van der Waals surface area (Å²) in [4.78, 5) is 26.3. The van der Waals surface area contributed by atoms with Crippen LogP contribution in [-0.2, 0) is 9.59 Å². The van der Waals surface area contributed by atoms with Gasteiger partial charge >= 0.3 is 0 Å². The first-order valence-corrected chi connectivity index (χ1v) is 7.77. The second kappa shape index (κ2) is 6.18. The molecule has 0 aliphatic carbocycles. The molecule has 0 radical (unpaired) electrons. The predicted octanol–water partition coefficient (Wildman–Crippen LogP) is 2.78. The number of anilines is 1. The number of halogens is 1. The van der Waals surface area contributed by atoms with E-state index in [1.54, 1.807) is 38.1 Å². The lowest BCUT2D eigenvalue weighted by molar-refractivity contribution is -0.122. The molecule has 6 nitrogen and oxygen atoms in total. The highest BCUT2D eigenvalue weighted by Gasteiger charge is 2.34. The van der Waals surface area contributed by atoms with Crippen LogP contribution in [-0.4, -0.2) is 22.1 Å². The first-order chi connectivity index (χ1) is 11.4. The summed E-state index contributed by atoms with van der Waals surface area (Å²) in [5.41, 5.74) is 1.65. The van der Waals surface area contributed by atoms with E-state index in [-0.39, 0.29) is 10.7 Å². The van der Waals surface area contributed by atoms with Crippen molar-refractivity contribution in [2.24, 2.45) is 0 Å². The molecule has 122 valence electrons. The Morgan fingerprint density at radius 2 is 1.92 bits per heavy atom. The number of carbonyl (C=O) groups excluding carboxylic acids is 2. The van der Waals surface area contributed by atoms with Crippen LogP contribution < -0.4 is 10.2 Å². The Bertz CT molecular complexity index is 867. The van der Waals surface area contributed by atoms with Gasteiger partial charge in [-0.25, -0.2) is 0 Å². The molecule has 2 amide bonds. The third-order valence-corrected chi connectivity index (χ3v) is 4.10. The standard InChI is InChI=1S/C16H12ClN3O3S/c1-8-12(9(2)23-19-8)7-13-14(21)18-16(24)20(15(13)22)11-5-3-10(17)4-6-11/h3-7H,1-2H3,(H,18,21,24)/b13-7+. The number of nitrogens with zero attached hydrogens (tertiary/aromatic N) is 2. The molecule has 0 spiro atoms. The first-order valence-electron chi connectivity index (χ1n) is 6.98. The molecule has 1 saturated heterocycles. The Labute approximate surface area is 148 Å². The van der Waals surface area contributed by atoms with Crippen LogP contribution >= 0.6 is 23.8 Å². The number of hydrogen-bond acceptors (Lipinski definition) is 5. The van der Waals surface area contributed by atoms with Crippen molar-refractivity contribution >= 4 is 52.5 Å². The molecule has 0 saturated carbocycles. The Hall–Kier alpha value is -2.51. The van der Waals surface area contributed by atoms with Gasteiger partial charge in [0.05, 0.1) is 11.4 Å². The van der Waals surface area contributed by atoms with Crippen molar-refractivity contribution in [3.63, 3.8) is 0 Å². The van der Waals surface area contributed by atoms with Gasteiger partial charge in [-0.2, -0.15) is 0 Å². The van der Waals surface area contributed by atoms with E-state index in [1.165, 1.54) is 11.0 Å². The van der Waals surface area contributed by atoms with Crippen LogP contribution in [0.15, 0.2) is 34.4 Å². The summed E-state index contributed by atoms with van der Waals surface area (Å²) < 4.78 is 5.06. The second-order valence-electron chi connectivity index (χ2n) is 5.17. The van der Waals surface area contributed by atoms with E-state index in [0.29, 0.717) is 27.7 Å². The molecule has 1 aromatic heterocycles. The summed E-state index contributed by atoms with van der Waals surface area (Å²) in [6.45, 7) is 3.44. The molecule has 2 aromatic rings. The molecular weight excluding hydrogens is 350 g/mol. The first kappa shape index (κ1) is 16.4. The van der Waals surface area contributed by atoms with Gasteiger partial charge in [0.2, 0.25) is 0 Å². The SMILES string of the molecule is Cc1noc(C)c1/C=C1\C(=O)NC(=S)N(c2ccc(Cl)cc2)C1=O. The Balaban J connectivity index is 2.05. The van der Waals surface area contributed by atoms with Crippen molar-refractivity contribution in [3.8, 4) is 0 Å². The van der Waals surface area contributed by atoms with Gasteiger partial charge in [0.1, 0.15) is 11.3 Å². The van der Waals surface area contributed by atoms with Crippen molar-refractivity contribution in [1.82, 2.24) is 10.5 Å². The smallest absolute Gasteiger partial charge is 0.270 e. The molecule has 3 rings (SSSR count). The predicted molar refractivity (Wildman–Crippen MR) is 93.6 cm³/mol. The van der Waals surface area contributed by atoms with E-state index in [1.807, 2.05) is 0 Å². The fraction of sp³-hybridized carbons (Fsp3) is 0.125. The summed E-state index contributed by atoms with van der Waals surface area (Å²) in [5.74, 6) is -0.562. The van der Waals surface area contributed by atoms with Gasteiger partial charge < -0.3 is 4.52 Å². The summed E-state index contributed by atoms with van der Waals surface area (Å²) in [7, 11) is 0. The number of amides is 2. The third kappa shape index (κ3) is 2.83. The van der Waals surface area contributed by atoms with Crippen LogP contribution in [0.5, 0.6) is 0 Å². The fourth-order valence-corrected chi connectivity index (χ4v) is 2.73. The molecule has 0 atom stereocenters. The molecule has 0 bridgehead atoms. The number of thiocarbonyl (C=S) groups is 1. The highest BCUT2D eigenvalue weighted by Crippen LogP contribution is 2.25. The molecule has 1 aliphatic rings. The van der Waals surface area contributed by atoms with Gasteiger partial charge in [0.15, 0.2) is 5.11 Å². The molecule has 24 heavy (non-hydrogen) atoms. The van der Waals surface area contributed by atoms with E-state index >= 15 is 0 Å². The van der Waals surface area contributed by atoms with Crippen LogP contribution in [0.3, 0.4) is 0 Å². The number of aryl methyl sites for hydroxylation is 2. The number of nitrogens with one attached hydrogen (secondary N) is 1. The van der Waals surface area contributed by atoms with Crippen molar-refractivity contribution in [2.75, 3.05) is 4.90 Å². The number of hydrogen-bond donors (Lipinski definition) is 1. The van der Waals surface area contributed by atoms with Crippen molar-refractivity contribution in [1.29, 1.82) is 0 Å². The molecular formula is C16H12ClN3O3S. The van der Waals surface area contributed by atoms with Crippen LogP contribution in [0, 0.1) is 13.8 Å². The Kier molecular flexibility index (Phi) is 4.21. The van der Waals surface area contributed by atoms with Crippen molar-refractivity contribution in [3.05, 3.63) is 51.9 Å². The van der Waals surface area contributed by atoms with Crippen LogP contribution in [0.2, 0.25) is 5.02 Å². The van der Waals surface area contributed by atoms with E-state index < -0.39 is 11.8 Å². The maximum Gasteiger partial charge on any atom is 0.270 e. The summed E-state index contributed by atoms with van der Waals surface area (Å²) in [6, 6.07) is 6.58. The minimum Gasteiger partial charge on any atom is -0.361 e. The molecule has 1 fully saturated rings. The van der Waals surface area contributed by atoms with Gasteiger partial charge in [-0.15, -0.1) is 0 Å². The lowest BCUT2D eigenvalue weighted by Crippen LogP contribution is -2.54. The zero-order chi connectivity index (χ0) is 17.4. The quantitative estimate of drug-likeness (QED) is 0.505. The van der Waals surface area contributed by atoms with E-state index in [4.69, 9.17) is 28.3 Å². The van der Waals surface area contributed by atoms with Gasteiger partial charge in [0.25, 0.3) is 11.8 Å². The van der Waals surface area contributed by atoms with E-state index in [2.05, 4.69) is 10.5 Å². The highest BCUT2D eigenvalue weighted by atomic mass is 35.5.